The molecule has 0 aliphatic heterocycles. The van der Waals surface area contributed by atoms with Crippen LogP contribution in [0.3, 0.4) is 0 Å². The summed E-state index contributed by atoms with van der Waals surface area (Å²) in [7, 11) is 1.44. The highest BCUT2D eigenvalue weighted by atomic mass is 16.5. The molecular formula is C10H19NO2. The predicted octanol–water partition coefficient (Wildman–Crippen LogP) is 1.46. The van der Waals surface area contributed by atoms with Crippen molar-refractivity contribution in [3.05, 3.63) is 0 Å². The van der Waals surface area contributed by atoms with Crippen molar-refractivity contribution < 1.29 is 9.53 Å². The molecule has 0 bridgehead atoms. The van der Waals surface area contributed by atoms with E-state index in [-0.39, 0.29) is 12.0 Å². The predicted molar refractivity (Wildman–Crippen MR) is 51.2 cm³/mol. The first-order valence-corrected chi connectivity index (χ1v) is 5.04. The van der Waals surface area contributed by atoms with Gasteiger partial charge >= 0.3 is 5.97 Å². The van der Waals surface area contributed by atoms with Crippen molar-refractivity contribution in [3.8, 4) is 0 Å². The summed E-state index contributed by atoms with van der Waals surface area (Å²) in [4.78, 5) is 11.0. The van der Waals surface area contributed by atoms with Crippen molar-refractivity contribution in [2.75, 3.05) is 7.11 Å². The van der Waals surface area contributed by atoms with Gasteiger partial charge in [-0.15, -0.1) is 0 Å². The largest absolute Gasteiger partial charge is 0.469 e. The Morgan fingerprint density at radius 1 is 1.46 bits per heavy atom. The fourth-order valence-corrected chi connectivity index (χ4v) is 2.01. The van der Waals surface area contributed by atoms with Crippen molar-refractivity contribution in [1.29, 1.82) is 0 Å². The van der Waals surface area contributed by atoms with Crippen LogP contribution in [0.25, 0.3) is 0 Å². The van der Waals surface area contributed by atoms with Crippen LogP contribution in [0, 0.1) is 5.92 Å². The molecule has 1 aliphatic carbocycles. The second kappa shape index (κ2) is 5.22. The molecule has 0 aromatic heterocycles. The van der Waals surface area contributed by atoms with Crippen molar-refractivity contribution >= 4 is 5.97 Å². The van der Waals surface area contributed by atoms with E-state index in [1.807, 2.05) is 0 Å². The van der Waals surface area contributed by atoms with Crippen LogP contribution < -0.4 is 5.73 Å². The van der Waals surface area contributed by atoms with Crippen LogP contribution in [0.2, 0.25) is 0 Å². The smallest absolute Gasteiger partial charge is 0.305 e. The molecule has 1 rings (SSSR count). The zero-order valence-corrected chi connectivity index (χ0v) is 8.29. The molecule has 3 heteroatoms. The molecule has 76 valence electrons. The monoisotopic (exact) mass is 185 g/mol. The Labute approximate surface area is 79.6 Å². The number of carbonyl (C=O) groups excluding carboxylic acids is 1. The van der Waals surface area contributed by atoms with Crippen LogP contribution in [0.1, 0.15) is 38.5 Å². The van der Waals surface area contributed by atoms with Gasteiger partial charge in [0.1, 0.15) is 0 Å². The molecule has 0 amide bonds. The first-order valence-electron chi connectivity index (χ1n) is 5.04. The molecule has 0 radical (unpaired) electrons. The standard InChI is InChI=1S/C10H19NO2/c1-13-10(12)7-8-4-2-3-5-9(11)6-8/h8-9H,2-7,11H2,1H3. The lowest BCUT2D eigenvalue weighted by atomic mass is 9.95. The fourth-order valence-electron chi connectivity index (χ4n) is 2.01. The van der Waals surface area contributed by atoms with E-state index in [1.54, 1.807) is 0 Å². The summed E-state index contributed by atoms with van der Waals surface area (Å²) in [5.41, 5.74) is 5.89. The highest BCUT2D eigenvalue weighted by molar-refractivity contribution is 5.69. The average Bonchev–Trinajstić information content (AvgIpc) is 2.30. The van der Waals surface area contributed by atoms with E-state index < -0.39 is 0 Å². The molecule has 0 spiro atoms. The Kier molecular flexibility index (Phi) is 4.22. The summed E-state index contributed by atoms with van der Waals surface area (Å²) in [5.74, 6) is 0.351. The summed E-state index contributed by atoms with van der Waals surface area (Å²) in [6, 6.07) is 0.289. The first kappa shape index (κ1) is 10.5. The van der Waals surface area contributed by atoms with Crippen molar-refractivity contribution in [3.63, 3.8) is 0 Å². The summed E-state index contributed by atoms with van der Waals surface area (Å²) < 4.78 is 4.65. The normalized spacial score (nSPS) is 29.4. The quantitative estimate of drug-likeness (QED) is 0.523. The Hall–Kier alpha value is -0.570. The molecule has 0 heterocycles. The third-order valence-electron chi connectivity index (χ3n) is 2.76. The number of nitrogens with two attached hydrogens (primary N) is 1. The zero-order chi connectivity index (χ0) is 9.68. The van der Waals surface area contributed by atoms with Gasteiger partial charge in [0.15, 0.2) is 0 Å². The highest BCUT2D eigenvalue weighted by Gasteiger charge is 2.20. The van der Waals surface area contributed by atoms with Crippen LogP contribution in [0.15, 0.2) is 0 Å². The Morgan fingerprint density at radius 2 is 2.15 bits per heavy atom. The lowest BCUT2D eigenvalue weighted by Gasteiger charge is -2.15. The van der Waals surface area contributed by atoms with E-state index in [2.05, 4.69) is 4.74 Å². The second-order valence-corrected chi connectivity index (χ2v) is 3.93. The number of hydrogen-bond donors (Lipinski definition) is 1. The van der Waals surface area contributed by atoms with E-state index in [4.69, 9.17) is 5.73 Å². The lowest BCUT2D eigenvalue weighted by Crippen LogP contribution is -2.22. The van der Waals surface area contributed by atoms with Gasteiger partial charge in [-0.25, -0.2) is 0 Å². The number of carbonyl (C=O) groups is 1. The minimum absolute atomic E-state index is 0.0981. The molecule has 1 saturated carbocycles. The minimum Gasteiger partial charge on any atom is -0.469 e. The highest BCUT2D eigenvalue weighted by Crippen LogP contribution is 2.25. The third kappa shape index (κ3) is 3.77. The zero-order valence-electron chi connectivity index (χ0n) is 8.29. The molecule has 1 fully saturated rings. The minimum atomic E-state index is -0.0981. The van der Waals surface area contributed by atoms with E-state index in [9.17, 15) is 4.79 Å². The van der Waals surface area contributed by atoms with Crippen molar-refractivity contribution in [2.45, 2.75) is 44.6 Å². The molecular weight excluding hydrogens is 166 g/mol. The van der Waals surface area contributed by atoms with Gasteiger partial charge < -0.3 is 10.5 Å². The molecule has 2 atom stereocenters. The van der Waals surface area contributed by atoms with Gasteiger partial charge in [0.2, 0.25) is 0 Å². The second-order valence-electron chi connectivity index (χ2n) is 3.93. The fraction of sp³-hybridized carbons (Fsp3) is 0.900. The SMILES string of the molecule is COC(=O)CC1CCCCC(N)C1. The summed E-state index contributed by atoms with van der Waals surface area (Å²) in [6.45, 7) is 0. The van der Waals surface area contributed by atoms with E-state index >= 15 is 0 Å². The topological polar surface area (TPSA) is 52.3 Å². The molecule has 3 nitrogen and oxygen atoms in total. The van der Waals surface area contributed by atoms with Crippen molar-refractivity contribution in [1.82, 2.24) is 0 Å². The van der Waals surface area contributed by atoms with Crippen LogP contribution in [-0.4, -0.2) is 19.1 Å². The number of rotatable bonds is 2. The average molecular weight is 185 g/mol. The van der Waals surface area contributed by atoms with Crippen LogP contribution >= 0.6 is 0 Å². The maximum absolute atomic E-state index is 11.0. The first-order chi connectivity index (χ1) is 6.22. The number of ether oxygens (including phenoxy) is 1. The van der Waals surface area contributed by atoms with Gasteiger partial charge in [-0.1, -0.05) is 12.8 Å². The molecule has 2 unspecified atom stereocenters. The number of methoxy groups -OCH3 is 1. The lowest BCUT2D eigenvalue weighted by molar-refractivity contribution is -0.141. The summed E-state index contributed by atoms with van der Waals surface area (Å²) >= 11 is 0. The van der Waals surface area contributed by atoms with Crippen LogP contribution in [0.4, 0.5) is 0 Å². The summed E-state index contributed by atoms with van der Waals surface area (Å²) in [5, 5.41) is 0. The Morgan fingerprint density at radius 3 is 2.85 bits per heavy atom. The Balaban J connectivity index is 2.34. The van der Waals surface area contributed by atoms with Crippen LogP contribution in [0.5, 0.6) is 0 Å². The maximum atomic E-state index is 11.0. The molecule has 0 aromatic carbocycles. The molecule has 2 N–H and O–H groups in total. The maximum Gasteiger partial charge on any atom is 0.305 e. The van der Waals surface area contributed by atoms with Gasteiger partial charge in [0.25, 0.3) is 0 Å². The van der Waals surface area contributed by atoms with Crippen molar-refractivity contribution in [2.24, 2.45) is 11.7 Å². The molecule has 1 aliphatic rings. The molecule has 0 saturated heterocycles. The van der Waals surface area contributed by atoms with Gasteiger partial charge in [-0.05, 0) is 25.2 Å². The molecule has 13 heavy (non-hydrogen) atoms. The van der Waals surface area contributed by atoms with E-state index in [0.29, 0.717) is 12.3 Å². The van der Waals surface area contributed by atoms with Gasteiger partial charge in [-0.2, -0.15) is 0 Å². The van der Waals surface area contributed by atoms with E-state index in [0.717, 1.165) is 19.3 Å². The van der Waals surface area contributed by atoms with Gasteiger partial charge in [0, 0.05) is 12.5 Å². The van der Waals surface area contributed by atoms with E-state index in [1.165, 1.54) is 20.0 Å². The van der Waals surface area contributed by atoms with Crippen LogP contribution in [-0.2, 0) is 9.53 Å². The number of hydrogen-bond acceptors (Lipinski definition) is 3. The molecule has 0 aromatic rings. The van der Waals surface area contributed by atoms with Gasteiger partial charge in [-0.3, -0.25) is 4.79 Å². The Bertz CT molecular complexity index is 170. The third-order valence-corrected chi connectivity index (χ3v) is 2.76. The van der Waals surface area contributed by atoms with Gasteiger partial charge in [0.05, 0.1) is 7.11 Å². The summed E-state index contributed by atoms with van der Waals surface area (Å²) in [6.07, 6.45) is 6.17. The number of esters is 1.